The summed E-state index contributed by atoms with van der Waals surface area (Å²) in [6.07, 6.45) is 2.08. The summed E-state index contributed by atoms with van der Waals surface area (Å²) >= 11 is 0. The van der Waals surface area contributed by atoms with Gasteiger partial charge in [-0.1, -0.05) is 12.1 Å². The van der Waals surface area contributed by atoms with Crippen LogP contribution >= 0.6 is 0 Å². The highest BCUT2D eigenvalue weighted by atomic mass is 19.1. The van der Waals surface area contributed by atoms with Crippen LogP contribution in [0.5, 0.6) is 0 Å². The van der Waals surface area contributed by atoms with Crippen molar-refractivity contribution in [3.05, 3.63) is 65.5 Å². The molecule has 4 nitrogen and oxygen atoms in total. The number of hydrogen-bond acceptors (Lipinski definition) is 2. The van der Waals surface area contributed by atoms with Gasteiger partial charge in [-0.25, -0.2) is 4.39 Å². The number of benzene rings is 2. The van der Waals surface area contributed by atoms with Crippen LogP contribution in [-0.4, -0.2) is 11.8 Å². The van der Waals surface area contributed by atoms with Gasteiger partial charge in [-0.3, -0.25) is 9.59 Å². The van der Waals surface area contributed by atoms with Crippen LogP contribution in [0.2, 0.25) is 0 Å². The van der Waals surface area contributed by atoms with Crippen molar-refractivity contribution in [2.24, 2.45) is 11.3 Å². The van der Waals surface area contributed by atoms with E-state index in [9.17, 15) is 14.0 Å². The highest BCUT2D eigenvalue weighted by Crippen LogP contribution is 2.75. The van der Waals surface area contributed by atoms with Crippen molar-refractivity contribution in [1.82, 2.24) is 5.32 Å². The Morgan fingerprint density at radius 2 is 1.68 bits per heavy atom. The molecule has 0 saturated heterocycles. The first-order valence-electron chi connectivity index (χ1n) is 8.46. The summed E-state index contributed by atoms with van der Waals surface area (Å²) in [5.74, 6) is 0.129. The van der Waals surface area contributed by atoms with Crippen LogP contribution < -0.4 is 10.6 Å². The fourth-order valence-electron chi connectivity index (χ4n) is 3.16. The van der Waals surface area contributed by atoms with Gasteiger partial charge in [0.05, 0.1) is 11.5 Å². The van der Waals surface area contributed by atoms with Gasteiger partial charge in [-0.05, 0) is 67.6 Å². The van der Waals surface area contributed by atoms with Crippen LogP contribution in [0.15, 0.2) is 48.5 Å². The molecule has 0 spiro atoms. The van der Waals surface area contributed by atoms with Crippen LogP contribution in [0.1, 0.15) is 41.7 Å². The molecule has 1 unspecified atom stereocenters. The third kappa shape index (κ3) is 3.02. The lowest BCUT2D eigenvalue weighted by molar-refractivity contribution is -0.124. The number of carbonyl (C=O) groups is 2. The molecule has 0 heterocycles. The second-order valence-electron chi connectivity index (χ2n) is 7.04. The summed E-state index contributed by atoms with van der Waals surface area (Å²) in [5, 5.41) is 5.85. The molecule has 2 fully saturated rings. The molecule has 2 aliphatic rings. The van der Waals surface area contributed by atoms with E-state index in [1.165, 1.54) is 24.3 Å². The Hall–Kier alpha value is -2.69. The zero-order valence-corrected chi connectivity index (χ0v) is 13.9. The van der Waals surface area contributed by atoms with Crippen molar-refractivity contribution >= 4 is 17.5 Å². The molecule has 25 heavy (non-hydrogen) atoms. The van der Waals surface area contributed by atoms with Crippen LogP contribution in [0.25, 0.3) is 0 Å². The third-order valence-electron chi connectivity index (χ3n) is 5.26. The molecule has 128 valence electrons. The van der Waals surface area contributed by atoms with E-state index in [0.717, 1.165) is 18.4 Å². The fraction of sp³-hybridized carbons (Fsp3) is 0.300. The number of rotatable bonds is 5. The average molecular weight is 338 g/mol. The Kier molecular flexibility index (Phi) is 3.60. The first kappa shape index (κ1) is 15.8. The Labute approximate surface area is 145 Å². The highest BCUT2D eigenvalue weighted by Gasteiger charge is 2.74. The van der Waals surface area contributed by atoms with Crippen molar-refractivity contribution in [2.75, 3.05) is 5.32 Å². The molecule has 4 rings (SSSR count). The van der Waals surface area contributed by atoms with Gasteiger partial charge >= 0.3 is 0 Å². The zero-order valence-electron chi connectivity index (χ0n) is 13.9. The summed E-state index contributed by atoms with van der Waals surface area (Å²) in [5.41, 5.74) is 2.01. The van der Waals surface area contributed by atoms with E-state index < -0.39 is 0 Å². The largest absolute Gasteiger partial charge is 0.349 e. The van der Waals surface area contributed by atoms with Gasteiger partial charge in [0.1, 0.15) is 5.82 Å². The van der Waals surface area contributed by atoms with Crippen molar-refractivity contribution in [3.8, 4) is 0 Å². The van der Waals surface area contributed by atoms with E-state index in [1.807, 2.05) is 19.1 Å². The number of hydrogen-bond donors (Lipinski definition) is 2. The molecule has 1 atom stereocenters. The molecule has 2 amide bonds. The van der Waals surface area contributed by atoms with Gasteiger partial charge in [0.2, 0.25) is 5.91 Å². The van der Waals surface area contributed by atoms with E-state index >= 15 is 0 Å². The molecular weight excluding hydrogens is 319 g/mol. The Morgan fingerprint density at radius 1 is 1.08 bits per heavy atom. The van der Waals surface area contributed by atoms with E-state index in [0.29, 0.717) is 17.2 Å². The van der Waals surface area contributed by atoms with Gasteiger partial charge in [0, 0.05) is 11.3 Å². The number of halogens is 1. The van der Waals surface area contributed by atoms with E-state index in [4.69, 9.17) is 0 Å². The molecule has 5 heteroatoms. The maximum Gasteiger partial charge on any atom is 0.255 e. The molecule has 2 aromatic carbocycles. The predicted molar refractivity (Wildman–Crippen MR) is 92.5 cm³/mol. The molecule has 2 aliphatic carbocycles. The maximum atomic E-state index is 12.9. The summed E-state index contributed by atoms with van der Waals surface area (Å²) in [4.78, 5) is 24.3. The molecule has 2 saturated carbocycles. The van der Waals surface area contributed by atoms with Gasteiger partial charge < -0.3 is 10.6 Å². The number of anilines is 1. The van der Waals surface area contributed by atoms with E-state index in [2.05, 4.69) is 10.6 Å². The Balaban J connectivity index is 1.37. The number of amides is 2. The lowest BCUT2D eigenvalue weighted by Crippen LogP contribution is -2.30. The molecule has 2 aromatic rings. The number of fused-ring (bicyclic) bond motifs is 1. The minimum atomic E-state index is -0.375. The van der Waals surface area contributed by atoms with Crippen LogP contribution in [0.3, 0.4) is 0 Å². The number of nitrogens with one attached hydrogen (secondary N) is 2. The summed E-state index contributed by atoms with van der Waals surface area (Å²) < 4.78 is 12.9. The summed E-state index contributed by atoms with van der Waals surface area (Å²) in [7, 11) is 0. The van der Waals surface area contributed by atoms with Crippen LogP contribution in [0, 0.1) is 17.2 Å². The van der Waals surface area contributed by atoms with Crippen molar-refractivity contribution in [2.45, 2.75) is 25.8 Å². The van der Waals surface area contributed by atoms with Gasteiger partial charge in [0.15, 0.2) is 0 Å². The van der Waals surface area contributed by atoms with Crippen LogP contribution in [0.4, 0.5) is 10.1 Å². The first-order valence-corrected chi connectivity index (χ1v) is 8.46. The van der Waals surface area contributed by atoms with Gasteiger partial charge in [-0.2, -0.15) is 0 Å². The lowest BCUT2D eigenvalue weighted by atomic mass is 10.1. The highest BCUT2D eigenvalue weighted by molar-refractivity contribution is 6.04. The third-order valence-corrected chi connectivity index (χ3v) is 5.26. The topological polar surface area (TPSA) is 58.2 Å². The summed E-state index contributed by atoms with van der Waals surface area (Å²) in [6.45, 7) is 1.96. The molecule has 0 radical (unpaired) electrons. The second kappa shape index (κ2) is 5.69. The molecule has 0 aromatic heterocycles. The minimum Gasteiger partial charge on any atom is -0.349 e. The fourth-order valence-corrected chi connectivity index (χ4v) is 3.16. The lowest BCUT2D eigenvalue weighted by Gasteiger charge is -2.16. The van der Waals surface area contributed by atoms with E-state index in [1.54, 1.807) is 12.1 Å². The summed E-state index contributed by atoms with van der Waals surface area (Å²) in [6, 6.07) is 12.7. The molecule has 0 aliphatic heterocycles. The van der Waals surface area contributed by atoms with Crippen LogP contribution in [-0.2, 0) is 4.79 Å². The molecular formula is C20H19FN2O2. The predicted octanol–water partition coefficient (Wildman–Crippen LogP) is 3.67. The standard InChI is InChI=1S/C20H19FN2O2/c1-12(22-19(25)20-10-15(20)11-20)13-4-8-17(9-5-13)23-18(24)14-2-6-16(21)7-3-14/h2-9,12,15H,10-11H2,1H3,(H,22,25)(H,23,24). The van der Waals surface area contributed by atoms with Gasteiger partial charge in [0.25, 0.3) is 5.91 Å². The zero-order chi connectivity index (χ0) is 17.6. The van der Waals surface area contributed by atoms with Gasteiger partial charge in [-0.15, -0.1) is 0 Å². The van der Waals surface area contributed by atoms with Crippen molar-refractivity contribution in [3.63, 3.8) is 0 Å². The Morgan fingerprint density at radius 3 is 2.24 bits per heavy atom. The molecule has 0 bridgehead atoms. The Bertz CT molecular complexity index is 824. The smallest absolute Gasteiger partial charge is 0.255 e. The normalized spacial score (nSPS) is 24.0. The first-order chi connectivity index (χ1) is 12.0. The molecule has 2 N–H and O–H groups in total. The monoisotopic (exact) mass is 338 g/mol. The number of carbonyl (C=O) groups excluding carboxylic acids is 2. The second-order valence-corrected chi connectivity index (χ2v) is 7.04. The van der Waals surface area contributed by atoms with Crippen molar-refractivity contribution < 1.29 is 14.0 Å². The maximum absolute atomic E-state index is 12.9. The van der Waals surface area contributed by atoms with E-state index in [-0.39, 0.29) is 29.1 Å². The minimum absolute atomic E-state index is 0.0304. The van der Waals surface area contributed by atoms with Crippen molar-refractivity contribution in [1.29, 1.82) is 0 Å². The SMILES string of the molecule is CC(NC(=O)C12CC1C2)c1ccc(NC(=O)c2ccc(F)cc2)cc1. The quantitative estimate of drug-likeness (QED) is 0.874. The average Bonchev–Trinajstić information content (AvgIpc) is 3.46.